The zero-order valence-corrected chi connectivity index (χ0v) is 18.8. The Labute approximate surface area is 192 Å². The van der Waals surface area contributed by atoms with Gasteiger partial charge in [0.2, 0.25) is 0 Å². The van der Waals surface area contributed by atoms with Gasteiger partial charge in [-0.25, -0.2) is 4.79 Å². The van der Waals surface area contributed by atoms with Crippen LogP contribution in [0.1, 0.15) is 47.8 Å². The molecule has 6 rings (SSSR count). The molecule has 3 nitrogen and oxygen atoms in total. The normalized spacial score (nSPS) is 23.9. The van der Waals surface area contributed by atoms with Crippen molar-refractivity contribution >= 4 is 23.4 Å². The molecule has 0 saturated heterocycles. The quantitative estimate of drug-likeness (QED) is 0.471. The second-order valence-electron chi connectivity index (χ2n) is 9.33. The van der Waals surface area contributed by atoms with Crippen molar-refractivity contribution in [1.82, 2.24) is 4.57 Å². The number of carboxylic acid groups (broad SMARTS) is 1. The smallest absolute Gasteiger partial charge is 0.335 e. The fourth-order valence-electron chi connectivity index (χ4n) is 5.35. The van der Waals surface area contributed by atoms with Gasteiger partial charge in [-0.2, -0.15) is 11.3 Å². The number of hydrogen-bond donors (Lipinski definition) is 1. The van der Waals surface area contributed by atoms with E-state index in [9.17, 15) is 9.90 Å². The van der Waals surface area contributed by atoms with Crippen molar-refractivity contribution in [2.75, 3.05) is 0 Å². The molecule has 2 unspecified atom stereocenters. The predicted octanol–water partition coefficient (Wildman–Crippen LogP) is 7.10. The molecule has 2 aromatic heterocycles. The van der Waals surface area contributed by atoms with Crippen LogP contribution in [0.15, 0.2) is 77.0 Å². The van der Waals surface area contributed by atoms with Crippen molar-refractivity contribution in [3.8, 4) is 16.9 Å². The van der Waals surface area contributed by atoms with E-state index in [1.807, 2.05) is 12.1 Å². The number of fused-ring (bicyclic) bond motifs is 3. The second kappa shape index (κ2) is 7.21. The van der Waals surface area contributed by atoms with Crippen LogP contribution < -0.4 is 0 Å². The van der Waals surface area contributed by atoms with Gasteiger partial charge in [-0.05, 0) is 71.7 Å². The van der Waals surface area contributed by atoms with Gasteiger partial charge in [-0.15, -0.1) is 0 Å². The maximum atomic E-state index is 11.6. The Bertz CT molecular complexity index is 1300. The lowest BCUT2D eigenvalue weighted by Gasteiger charge is -2.40. The van der Waals surface area contributed by atoms with E-state index < -0.39 is 5.97 Å². The van der Waals surface area contributed by atoms with Crippen LogP contribution in [0.25, 0.3) is 23.0 Å². The van der Waals surface area contributed by atoms with E-state index in [1.54, 1.807) is 23.5 Å². The first-order valence-electron chi connectivity index (χ1n) is 11.3. The van der Waals surface area contributed by atoms with E-state index in [-0.39, 0.29) is 5.41 Å². The van der Waals surface area contributed by atoms with Gasteiger partial charge in [0, 0.05) is 28.0 Å². The van der Waals surface area contributed by atoms with E-state index in [4.69, 9.17) is 0 Å². The fraction of sp³-hybridized carbons (Fsp3) is 0.250. The van der Waals surface area contributed by atoms with Crippen LogP contribution in [-0.4, -0.2) is 15.6 Å². The lowest BCUT2D eigenvalue weighted by molar-refractivity contribution is 0.0697. The minimum atomic E-state index is -0.906. The summed E-state index contributed by atoms with van der Waals surface area (Å²) in [5.41, 5.74) is 7.26. The molecule has 2 atom stereocenters. The van der Waals surface area contributed by atoms with Crippen molar-refractivity contribution < 1.29 is 9.90 Å². The molecule has 0 bridgehead atoms. The second-order valence-corrected chi connectivity index (χ2v) is 10.1. The number of thiophene rings is 1. The third kappa shape index (κ3) is 2.90. The number of hydrogen-bond acceptors (Lipinski definition) is 2. The Balaban J connectivity index is 1.53. The summed E-state index contributed by atoms with van der Waals surface area (Å²) in [4.78, 5) is 11.6. The zero-order valence-electron chi connectivity index (χ0n) is 18.0. The predicted molar refractivity (Wildman–Crippen MR) is 130 cm³/mol. The van der Waals surface area contributed by atoms with Crippen LogP contribution in [0.4, 0.5) is 0 Å². The van der Waals surface area contributed by atoms with Crippen molar-refractivity contribution in [1.29, 1.82) is 0 Å². The summed E-state index contributed by atoms with van der Waals surface area (Å²) in [7, 11) is 0. The molecule has 3 aromatic rings. The maximum absolute atomic E-state index is 11.6. The summed E-state index contributed by atoms with van der Waals surface area (Å²) >= 11 is 1.68. The minimum Gasteiger partial charge on any atom is -0.478 e. The summed E-state index contributed by atoms with van der Waals surface area (Å²) in [6.45, 7) is 2.33. The molecule has 0 aliphatic heterocycles. The van der Waals surface area contributed by atoms with Gasteiger partial charge in [-0.1, -0.05) is 43.7 Å². The first kappa shape index (κ1) is 19.6. The van der Waals surface area contributed by atoms with Gasteiger partial charge in [0.15, 0.2) is 0 Å². The van der Waals surface area contributed by atoms with Crippen LogP contribution in [0.5, 0.6) is 0 Å². The van der Waals surface area contributed by atoms with Crippen molar-refractivity contribution in [3.63, 3.8) is 0 Å². The maximum Gasteiger partial charge on any atom is 0.335 e. The molecule has 0 radical (unpaired) electrons. The van der Waals surface area contributed by atoms with Crippen LogP contribution in [0.3, 0.4) is 0 Å². The number of allylic oxidation sites excluding steroid dienone is 5. The molecular formula is C28H25NO2S. The van der Waals surface area contributed by atoms with Gasteiger partial charge in [0.05, 0.1) is 17.0 Å². The van der Waals surface area contributed by atoms with Gasteiger partial charge >= 0.3 is 5.97 Å². The summed E-state index contributed by atoms with van der Waals surface area (Å²) in [6.07, 6.45) is 15.8. The third-order valence-corrected chi connectivity index (χ3v) is 8.20. The fourth-order valence-corrected chi connectivity index (χ4v) is 6.00. The standard InChI is InChI=1S/C28H25NO2S/c1-28-12-10-19(18-4-2-5-18)14-22(28)8-9-25-24(28)16-26(21-11-13-32-17-21)29(25)23-7-3-6-20(15-23)27(30)31/h3,6-18,22H,2,4-5H2,1H3,(H,30,31). The first-order chi connectivity index (χ1) is 15.5. The largest absolute Gasteiger partial charge is 0.478 e. The number of carboxylic acids is 1. The highest BCUT2D eigenvalue weighted by Gasteiger charge is 2.40. The average molecular weight is 440 g/mol. The topological polar surface area (TPSA) is 42.2 Å². The molecule has 0 spiro atoms. The highest BCUT2D eigenvalue weighted by molar-refractivity contribution is 7.08. The Hall–Kier alpha value is -3.11. The molecule has 2 heterocycles. The molecular weight excluding hydrogens is 414 g/mol. The molecule has 1 N–H and O–H groups in total. The van der Waals surface area contributed by atoms with E-state index in [1.165, 1.54) is 30.4 Å². The summed E-state index contributed by atoms with van der Waals surface area (Å²) in [6, 6.07) is 11.7. The highest BCUT2D eigenvalue weighted by atomic mass is 32.1. The number of aromatic nitrogens is 1. The Morgan fingerprint density at radius 2 is 2.06 bits per heavy atom. The van der Waals surface area contributed by atoms with Crippen LogP contribution in [0, 0.1) is 11.8 Å². The molecule has 4 heteroatoms. The third-order valence-electron chi connectivity index (χ3n) is 7.51. The first-order valence-corrected chi connectivity index (χ1v) is 12.2. The van der Waals surface area contributed by atoms with Crippen molar-refractivity contribution in [2.24, 2.45) is 11.8 Å². The lowest BCUT2D eigenvalue weighted by atomic mass is 9.64. The van der Waals surface area contributed by atoms with E-state index in [2.05, 4.69) is 64.8 Å². The number of benzene rings is 1. The summed E-state index contributed by atoms with van der Waals surface area (Å²) in [5, 5.41) is 13.8. The zero-order chi connectivity index (χ0) is 21.9. The molecule has 1 aromatic carbocycles. The lowest BCUT2D eigenvalue weighted by Crippen LogP contribution is -2.33. The Morgan fingerprint density at radius 3 is 2.78 bits per heavy atom. The van der Waals surface area contributed by atoms with Gasteiger partial charge in [0.1, 0.15) is 0 Å². The average Bonchev–Trinajstić information content (AvgIpc) is 3.41. The number of nitrogens with zero attached hydrogens (tertiary/aromatic N) is 1. The number of aromatic carboxylic acids is 1. The van der Waals surface area contributed by atoms with Crippen LogP contribution >= 0.6 is 11.3 Å². The number of carbonyl (C=O) groups is 1. The molecule has 32 heavy (non-hydrogen) atoms. The van der Waals surface area contributed by atoms with Gasteiger partial charge in [-0.3, -0.25) is 0 Å². The Morgan fingerprint density at radius 1 is 1.19 bits per heavy atom. The molecule has 160 valence electrons. The molecule has 1 saturated carbocycles. The summed E-state index contributed by atoms with van der Waals surface area (Å²) < 4.78 is 2.22. The monoisotopic (exact) mass is 439 g/mol. The number of rotatable bonds is 4. The molecule has 3 aliphatic rings. The highest BCUT2D eigenvalue weighted by Crippen LogP contribution is 2.49. The van der Waals surface area contributed by atoms with E-state index in [0.717, 1.165) is 28.6 Å². The molecule has 1 fully saturated rings. The Kier molecular flexibility index (Phi) is 4.41. The van der Waals surface area contributed by atoms with Crippen molar-refractivity contribution in [2.45, 2.75) is 31.6 Å². The van der Waals surface area contributed by atoms with E-state index in [0.29, 0.717) is 11.5 Å². The van der Waals surface area contributed by atoms with Crippen molar-refractivity contribution in [3.05, 3.63) is 93.9 Å². The van der Waals surface area contributed by atoms with Crippen LogP contribution in [0.2, 0.25) is 0 Å². The molecule has 3 aliphatic carbocycles. The van der Waals surface area contributed by atoms with Gasteiger partial charge < -0.3 is 9.67 Å². The molecule has 0 amide bonds. The minimum absolute atomic E-state index is 0.113. The summed E-state index contributed by atoms with van der Waals surface area (Å²) in [5.74, 6) is 0.166. The van der Waals surface area contributed by atoms with E-state index >= 15 is 0 Å². The van der Waals surface area contributed by atoms with Gasteiger partial charge in [0.25, 0.3) is 0 Å². The SMILES string of the molecule is CC12C=CC(C3CCC3)=CC1C=Cc1c2cc(-c2ccsc2)n1-c1cccc(C(=O)O)c1. The van der Waals surface area contributed by atoms with Crippen LogP contribution in [-0.2, 0) is 5.41 Å².